The van der Waals surface area contributed by atoms with Crippen molar-refractivity contribution in [1.82, 2.24) is 4.98 Å². The molecule has 0 saturated heterocycles. The Hall–Kier alpha value is -1.62. The highest BCUT2D eigenvalue weighted by atomic mass is 32.2. The molecule has 96 valence electrons. The average molecular weight is 265 g/mol. The van der Waals surface area contributed by atoms with Crippen molar-refractivity contribution in [3.63, 3.8) is 0 Å². The van der Waals surface area contributed by atoms with Crippen molar-refractivity contribution in [3.8, 4) is 0 Å². The van der Waals surface area contributed by atoms with Crippen molar-refractivity contribution in [3.05, 3.63) is 29.8 Å². The van der Waals surface area contributed by atoms with Crippen LogP contribution >= 0.6 is 0 Å². The van der Waals surface area contributed by atoms with Gasteiger partial charge in [0.15, 0.2) is 16.1 Å². The van der Waals surface area contributed by atoms with Gasteiger partial charge in [0.1, 0.15) is 5.03 Å². The van der Waals surface area contributed by atoms with E-state index in [0.717, 1.165) is 6.42 Å². The third kappa shape index (κ3) is 2.18. The van der Waals surface area contributed by atoms with Gasteiger partial charge in [-0.1, -0.05) is 31.5 Å². The van der Waals surface area contributed by atoms with Gasteiger partial charge in [-0.2, -0.15) is 0 Å². The van der Waals surface area contributed by atoms with Crippen LogP contribution in [0.25, 0.3) is 10.9 Å². The Morgan fingerprint density at radius 2 is 2.00 bits per heavy atom. The number of sulfone groups is 1. The second-order valence-corrected chi connectivity index (χ2v) is 6.25. The Morgan fingerprint density at radius 1 is 1.28 bits per heavy atom. The van der Waals surface area contributed by atoms with E-state index < -0.39 is 9.84 Å². The van der Waals surface area contributed by atoms with E-state index in [2.05, 4.69) is 4.98 Å². The maximum absolute atomic E-state index is 12.2. The molecular formula is C13H15NO3S. The van der Waals surface area contributed by atoms with Crippen molar-refractivity contribution in [2.24, 2.45) is 0 Å². The van der Waals surface area contributed by atoms with Crippen LogP contribution in [0.4, 0.5) is 0 Å². The highest BCUT2D eigenvalue weighted by molar-refractivity contribution is 7.91. The van der Waals surface area contributed by atoms with E-state index in [4.69, 9.17) is 0 Å². The highest BCUT2D eigenvalue weighted by Crippen LogP contribution is 2.25. The molecular weight excluding hydrogens is 250 g/mol. The normalized spacial score (nSPS) is 11.8. The maximum Gasteiger partial charge on any atom is 0.194 e. The van der Waals surface area contributed by atoms with Gasteiger partial charge in [0.05, 0.1) is 11.3 Å². The van der Waals surface area contributed by atoms with Crippen LogP contribution in [-0.2, 0) is 9.84 Å². The number of benzene rings is 1. The number of aldehydes is 1. The molecule has 0 spiro atoms. The number of aromatic amines is 1. The number of hydrogen-bond donors (Lipinski definition) is 1. The monoisotopic (exact) mass is 265 g/mol. The molecule has 5 heteroatoms. The van der Waals surface area contributed by atoms with Crippen molar-refractivity contribution in [2.75, 3.05) is 5.75 Å². The van der Waals surface area contributed by atoms with Crippen LogP contribution in [0.3, 0.4) is 0 Å². The van der Waals surface area contributed by atoms with E-state index in [9.17, 15) is 13.2 Å². The lowest BCUT2D eigenvalue weighted by molar-refractivity contribution is 0.112. The summed E-state index contributed by atoms with van der Waals surface area (Å²) in [6.45, 7) is 1.93. The average Bonchev–Trinajstić information content (AvgIpc) is 2.75. The molecule has 1 aromatic carbocycles. The van der Waals surface area contributed by atoms with Crippen molar-refractivity contribution < 1.29 is 13.2 Å². The van der Waals surface area contributed by atoms with Crippen LogP contribution in [-0.4, -0.2) is 25.4 Å². The first-order chi connectivity index (χ1) is 8.60. The Morgan fingerprint density at radius 3 is 2.67 bits per heavy atom. The Kier molecular flexibility index (Phi) is 3.52. The number of nitrogens with one attached hydrogen (secondary N) is 1. The fourth-order valence-corrected chi connectivity index (χ4v) is 3.57. The largest absolute Gasteiger partial charge is 0.345 e. The highest BCUT2D eigenvalue weighted by Gasteiger charge is 2.22. The zero-order chi connectivity index (χ0) is 13.2. The third-order valence-corrected chi connectivity index (χ3v) is 4.68. The number of rotatable bonds is 5. The van der Waals surface area contributed by atoms with Gasteiger partial charge < -0.3 is 4.98 Å². The zero-order valence-corrected chi connectivity index (χ0v) is 11.0. The van der Waals surface area contributed by atoms with E-state index in [-0.39, 0.29) is 16.3 Å². The first-order valence-electron chi connectivity index (χ1n) is 5.88. The molecule has 0 saturated carbocycles. The second-order valence-electron chi connectivity index (χ2n) is 4.20. The van der Waals surface area contributed by atoms with Crippen LogP contribution in [0.5, 0.6) is 0 Å². The van der Waals surface area contributed by atoms with Crippen LogP contribution in [0, 0.1) is 0 Å². The van der Waals surface area contributed by atoms with Crippen molar-refractivity contribution in [2.45, 2.75) is 24.8 Å². The lowest BCUT2D eigenvalue weighted by Crippen LogP contribution is -2.09. The molecule has 2 aromatic rings. The molecule has 0 bridgehead atoms. The summed E-state index contributed by atoms with van der Waals surface area (Å²) in [4.78, 5) is 14.0. The minimum Gasteiger partial charge on any atom is -0.345 e. The molecule has 0 atom stereocenters. The Balaban J connectivity index is 2.60. The summed E-state index contributed by atoms with van der Waals surface area (Å²) < 4.78 is 24.3. The number of unbranched alkanes of at least 4 members (excludes halogenated alkanes) is 1. The molecule has 2 rings (SSSR count). The lowest BCUT2D eigenvalue weighted by Gasteiger charge is -2.01. The van der Waals surface area contributed by atoms with Gasteiger partial charge in [0.2, 0.25) is 0 Å². The molecule has 0 amide bonds. The SMILES string of the molecule is CCCCS(=O)(=O)c1[nH]c2ccccc2c1C=O. The summed E-state index contributed by atoms with van der Waals surface area (Å²) >= 11 is 0. The molecule has 0 aliphatic rings. The number of fused-ring (bicyclic) bond motifs is 1. The smallest absolute Gasteiger partial charge is 0.194 e. The van der Waals surface area contributed by atoms with Crippen molar-refractivity contribution in [1.29, 1.82) is 0 Å². The summed E-state index contributed by atoms with van der Waals surface area (Å²) in [6.07, 6.45) is 2.00. The molecule has 0 unspecified atom stereocenters. The van der Waals surface area contributed by atoms with Gasteiger partial charge in [-0.25, -0.2) is 8.42 Å². The molecule has 0 aliphatic heterocycles. The molecule has 0 aliphatic carbocycles. The van der Waals surface area contributed by atoms with E-state index >= 15 is 0 Å². The standard InChI is InChI=1S/C13H15NO3S/c1-2-3-8-18(16,17)13-11(9-15)10-6-4-5-7-12(10)14-13/h4-7,9,14H,2-3,8H2,1H3. The fraction of sp³-hybridized carbons (Fsp3) is 0.308. The first-order valence-corrected chi connectivity index (χ1v) is 7.54. The molecule has 0 fully saturated rings. The first kappa shape index (κ1) is 12.8. The fourth-order valence-electron chi connectivity index (χ4n) is 1.94. The van der Waals surface area contributed by atoms with Gasteiger partial charge in [-0.3, -0.25) is 4.79 Å². The predicted molar refractivity (Wildman–Crippen MR) is 70.6 cm³/mol. The number of para-hydroxylation sites is 1. The number of H-pyrrole nitrogens is 1. The van der Waals surface area contributed by atoms with Gasteiger partial charge in [0, 0.05) is 10.9 Å². The second kappa shape index (κ2) is 4.94. The molecule has 1 aromatic heterocycles. The minimum absolute atomic E-state index is 0.0483. The maximum atomic E-state index is 12.2. The molecule has 18 heavy (non-hydrogen) atoms. The van der Waals surface area contributed by atoms with E-state index in [0.29, 0.717) is 23.6 Å². The van der Waals surface area contributed by atoms with Crippen LogP contribution in [0.2, 0.25) is 0 Å². The lowest BCUT2D eigenvalue weighted by atomic mass is 10.2. The van der Waals surface area contributed by atoms with Crippen molar-refractivity contribution >= 4 is 27.0 Å². The molecule has 4 nitrogen and oxygen atoms in total. The number of carbonyl (C=O) groups excluding carboxylic acids is 1. The summed E-state index contributed by atoms with van der Waals surface area (Å²) in [5.41, 5.74) is 0.913. The number of hydrogen-bond acceptors (Lipinski definition) is 3. The van der Waals surface area contributed by atoms with Gasteiger partial charge in [-0.15, -0.1) is 0 Å². The van der Waals surface area contributed by atoms with E-state index in [1.165, 1.54) is 0 Å². The summed E-state index contributed by atoms with van der Waals surface area (Å²) in [6, 6.07) is 7.09. The quantitative estimate of drug-likeness (QED) is 0.845. The number of aromatic nitrogens is 1. The molecule has 0 radical (unpaired) electrons. The van der Waals surface area contributed by atoms with Gasteiger partial charge in [0.25, 0.3) is 0 Å². The summed E-state index contributed by atoms with van der Waals surface area (Å²) in [7, 11) is -3.41. The van der Waals surface area contributed by atoms with E-state index in [1.807, 2.05) is 6.92 Å². The van der Waals surface area contributed by atoms with Crippen LogP contribution in [0.1, 0.15) is 30.1 Å². The Bertz CT molecular complexity index is 671. The van der Waals surface area contributed by atoms with Crippen LogP contribution < -0.4 is 0 Å². The topological polar surface area (TPSA) is 67.0 Å². The Labute approximate surface area is 106 Å². The zero-order valence-electron chi connectivity index (χ0n) is 10.1. The van der Waals surface area contributed by atoms with Crippen LogP contribution in [0.15, 0.2) is 29.3 Å². The molecule has 1 heterocycles. The number of carbonyl (C=O) groups is 1. The summed E-state index contributed by atoms with van der Waals surface area (Å²) in [5.74, 6) is 0.0666. The van der Waals surface area contributed by atoms with Gasteiger partial charge >= 0.3 is 0 Å². The minimum atomic E-state index is -3.41. The molecule has 1 N–H and O–H groups in total. The summed E-state index contributed by atoms with van der Waals surface area (Å²) in [5, 5.41) is 0.703. The van der Waals surface area contributed by atoms with E-state index in [1.54, 1.807) is 24.3 Å². The predicted octanol–water partition coefficient (Wildman–Crippen LogP) is 2.55. The van der Waals surface area contributed by atoms with Gasteiger partial charge in [-0.05, 0) is 12.5 Å². The third-order valence-electron chi connectivity index (χ3n) is 2.91.